The summed E-state index contributed by atoms with van der Waals surface area (Å²) in [6.07, 6.45) is 2.72. The van der Waals surface area contributed by atoms with Crippen LogP contribution in [0.2, 0.25) is 0 Å². The Labute approximate surface area is 131 Å². The van der Waals surface area contributed by atoms with Crippen LogP contribution in [0.3, 0.4) is 0 Å². The third-order valence-electron chi connectivity index (χ3n) is 4.61. The van der Waals surface area contributed by atoms with Gasteiger partial charge >= 0.3 is 5.97 Å². The van der Waals surface area contributed by atoms with Crippen LogP contribution in [0.1, 0.15) is 39.5 Å². The smallest absolute Gasteiger partial charge is 0.309 e. The molecular weight excluding hydrogens is 276 g/mol. The van der Waals surface area contributed by atoms with Crippen LogP contribution in [0.15, 0.2) is 42.5 Å². The molecule has 0 aromatic heterocycles. The summed E-state index contributed by atoms with van der Waals surface area (Å²) in [5.41, 5.74) is -0.609. The van der Waals surface area contributed by atoms with Gasteiger partial charge in [-0.2, -0.15) is 0 Å². The minimum atomic E-state index is -0.692. The molecule has 0 aliphatic rings. The van der Waals surface area contributed by atoms with E-state index in [2.05, 4.69) is 12.1 Å². The van der Waals surface area contributed by atoms with Gasteiger partial charge in [0.25, 0.3) is 0 Å². The fourth-order valence-corrected chi connectivity index (χ4v) is 2.93. The summed E-state index contributed by atoms with van der Waals surface area (Å²) in [6, 6.07) is 14.1. The monoisotopic (exact) mass is 300 g/mol. The van der Waals surface area contributed by atoms with E-state index in [0.717, 1.165) is 22.9 Å². The van der Waals surface area contributed by atoms with Crippen molar-refractivity contribution in [2.45, 2.75) is 39.5 Å². The first-order valence-corrected chi connectivity index (χ1v) is 7.97. The lowest BCUT2D eigenvalue weighted by Crippen LogP contribution is -2.30. The molecule has 2 rings (SSSR count). The van der Waals surface area contributed by atoms with Crippen molar-refractivity contribution < 1.29 is 14.6 Å². The van der Waals surface area contributed by atoms with Gasteiger partial charge in [-0.15, -0.1) is 0 Å². The maximum atomic E-state index is 11.5. The highest BCUT2D eigenvalue weighted by atomic mass is 16.5. The maximum absolute atomic E-state index is 11.5. The number of benzene rings is 2. The van der Waals surface area contributed by atoms with Crippen molar-refractivity contribution in [3.8, 4) is 5.75 Å². The van der Waals surface area contributed by atoms with Crippen LogP contribution < -0.4 is 4.74 Å². The Kier molecular flexibility index (Phi) is 5.42. The normalized spacial score (nSPS) is 11.5. The van der Waals surface area contributed by atoms with Gasteiger partial charge in [-0.05, 0) is 37.1 Å². The van der Waals surface area contributed by atoms with Crippen LogP contribution in [0.25, 0.3) is 10.8 Å². The van der Waals surface area contributed by atoms with Crippen LogP contribution in [0.4, 0.5) is 0 Å². The van der Waals surface area contributed by atoms with E-state index in [4.69, 9.17) is 4.74 Å². The van der Waals surface area contributed by atoms with Gasteiger partial charge in [0.2, 0.25) is 0 Å². The van der Waals surface area contributed by atoms with E-state index in [-0.39, 0.29) is 0 Å². The number of carboxylic acid groups (broad SMARTS) is 1. The molecule has 0 saturated carbocycles. The molecule has 0 atom stereocenters. The first-order chi connectivity index (χ1) is 10.6. The second-order valence-corrected chi connectivity index (χ2v) is 5.72. The lowest BCUT2D eigenvalue weighted by molar-refractivity contribution is -0.150. The van der Waals surface area contributed by atoms with Gasteiger partial charge in [-0.3, -0.25) is 4.79 Å². The predicted octanol–water partition coefficient (Wildman–Crippen LogP) is 4.89. The van der Waals surface area contributed by atoms with E-state index < -0.39 is 11.4 Å². The number of ether oxygens (including phenoxy) is 1. The molecule has 3 nitrogen and oxygen atoms in total. The molecule has 0 amide bonds. The van der Waals surface area contributed by atoms with Gasteiger partial charge in [0.05, 0.1) is 12.0 Å². The molecule has 0 aliphatic heterocycles. The number of hydrogen-bond acceptors (Lipinski definition) is 2. The minimum absolute atomic E-state index is 0.545. The summed E-state index contributed by atoms with van der Waals surface area (Å²) in [5.74, 6) is 0.176. The van der Waals surface area contributed by atoms with Gasteiger partial charge < -0.3 is 9.84 Å². The van der Waals surface area contributed by atoms with Crippen LogP contribution >= 0.6 is 0 Å². The van der Waals surface area contributed by atoms with Crippen molar-refractivity contribution in [3.05, 3.63) is 42.5 Å². The summed E-state index contributed by atoms with van der Waals surface area (Å²) >= 11 is 0. The Morgan fingerprint density at radius 1 is 1.09 bits per heavy atom. The summed E-state index contributed by atoms with van der Waals surface area (Å²) in [5, 5.41) is 11.7. The SMILES string of the molecule is CCC(CC)(CCCOc1cccc2ccccc12)C(=O)O. The molecule has 0 unspecified atom stereocenters. The molecule has 2 aromatic carbocycles. The number of fused-ring (bicyclic) bond motifs is 1. The lowest BCUT2D eigenvalue weighted by atomic mass is 9.78. The van der Waals surface area contributed by atoms with Crippen LogP contribution in [0.5, 0.6) is 5.75 Å². The van der Waals surface area contributed by atoms with Gasteiger partial charge in [-0.25, -0.2) is 0 Å². The number of carboxylic acids is 1. The number of carbonyl (C=O) groups is 1. The van der Waals surface area contributed by atoms with Crippen molar-refractivity contribution in [3.63, 3.8) is 0 Å². The highest BCUT2D eigenvalue weighted by Crippen LogP contribution is 2.32. The first kappa shape index (κ1) is 16.3. The third-order valence-corrected chi connectivity index (χ3v) is 4.61. The zero-order valence-electron chi connectivity index (χ0n) is 13.3. The van der Waals surface area contributed by atoms with Crippen LogP contribution in [-0.2, 0) is 4.79 Å². The second kappa shape index (κ2) is 7.30. The van der Waals surface area contributed by atoms with Crippen LogP contribution in [0, 0.1) is 5.41 Å². The molecule has 0 fully saturated rings. The highest BCUT2D eigenvalue weighted by Gasteiger charge is 2.33. The molecular formula is C19H24O3. The zero-order valence-corrected chi connectivity index (χ0v) is 13.3. The topological polar surface area (TPSA) is 46.5 Å². The highest BCUT2D eigenvalue weighted by molar-refractivity contribution is 5.88. The van der Waals surface area contributed by atoms with Gasteiger partial charge in [0.15, 0.2) is 0 Å². The summed E-state index contributed by atoms with van der Waals surface area (Å²) < 4.78 is 5.89. The lowest BCUT2D eigenvalue weighted by Gasteiger charge is -2.26. The van der Waals surface area contributed by atoms with Gasteiger partial charge in [0, 0.05) is 5.39 Å². The van der Waals surface area contributed by atoms with Crippen molar-refractivity contribution in [1.29, 1.82) is 0 Å². The Hall–Kier alpha value is -2.03. The molecule has 0 heterocycles. The molecule has 0 saturated heterocycles. The minimum Gasteiger partial charge on any atom is -0.493 e. The summed E-state index contributed by atoms with van der Waals surface area (Å²) in [7, 11) is 0. The Balaban J connectivity index is 1.97. The van der Waals surface area contributed by atoms with E-state index in [0.29, 0.717) is 25.9 Å². The average molecular weight is 300 g/mol. The first-order valence-electron chi connectivity index (χ1n) is 7.97. The largest absolute Gasteiger partial charge is 0.493 e. The average Bonchev–Trinajstić information content (AvgIpc) is 2.55. The number of aliphatic carboxylic acids is 1. The van der Waals surface area contributed by atoms with E-state index in [1.165, 1.54) is 0 Å². The zero-order chi connectivity index (χ0) is 16.0. The van der Waals surface area contributed by atoms with Gasteiger partial charge in [0.1, 0.15) is 5.75 Å². The molecule has 1 N–H and O–H groups in total. The van der Waals surface area contributed by atoms with E-state index >= 15 is 0 Å². The Bertz CT molecular complexity index is 624. The molecule has 0 aliphatic carbocycles. The van der Waals surface area contributed by atoms with E-state index in [1.807, 2.05) is 44.2 Å². The summed E-state index contributed by atoms with van der Waals surface area (Å²) in [4.78, 5) is 11.5. The Morgan fingerprint density at radius 2 is 1.77 bits per heavy atom. The van der Waals surface area contributed by atoms with Crippen molar-refractivity contribution >= 4 is 16.7 Å². The fourth-order valence-electron chi connectivity index (χ4n) is 2.93. The van der Waals surface area contributed by atoms with E-state index in [1.54, 1.807) is 0 Å². The van der Waals surface area contributed by atoms with Crippen molar-refractivity contribution in [2.75, 3.05) is 6.61 Å². The summed E-state index contributed by atoms with van der Waals surface area (Å²) in [6.45, 7) is 4.44. The quantitative estimate of drug-likeness (QED) is 0.706. The molecule has 2 aromatic rings. The third kappa shape index (κ3) is 3.41. The van der Waals surface area contributed by atoms with Crippen molar-refractivity contribution in [2.24, 2.45) is 5.41 Å². The van der Waals surface area contributed by atoms with Crippen molar-refractivity contribution in [1.82, 2.24) is 0 Å². The number of hydrogen-bond donors (Lipinski definition) is 1. The van der Waals surface area contributed by atoms with Gasteiger partial charge in [-0.1, -0.05) is 50.2 Å². The Morgan fingerprint density at radius 3 is 2.45 bits per heavy atom. The molecule has 3 heteroatoms. The van der Waals surface area contributed by atoms with Crippen LogP contribution in [-0.4, -0.2) is 17.7 Å². The number of rotatable bonds is 8. The molecule has 118 valence electrons. The molecule has 22 heavy (non-hydrogen) atoms. The second-order valence-electron chi connectivity index (χ2n) is 5.72. The predicted molar refractivity (Wildman–Crippen MR) is 89.3 cm³/mol. The molecule has 0 bridgehead atoms. The standard InChI is InChI=1S/C19H24O3/c1-3-19(4-2,18(20)21)13-8-14-22-17-12-7-10-15-9-5-6-11-16(15)17/h5-7,9-12H,3-4,8,13-14H2,1-2H3,(H,20,21). The maximum Gasteiger partial charge on any atom is 0.309 e. The molecule has 0 spiro atoms. The van der Waals surface area contributed by atoms with E-state index in [9.17, 15) is 9.90 Å². The molecule has 0 radical (unpaired) electrons. The fraction of sp³-hybridized carbons (Fsp3) is 0.421.